The van der Waals surface area contributed by atoms with Crippen molar-refractivity contribution in [1.82, 2.24) is 4.31 Å². The standard InChI is InChI=1S/C24H33F3N2O4S/c1-5-7-12-29(13-8-6-2)21-14-18(17-30)15-22(34(31)28(3)4)23(21)32-19-10-9-11-20(16-19)33-24(25,26)27/h9-11,14-16,30H,5-8,12-13,17H2,1-4H3. The summed E-state index contributed by atoms with van der Waals surface area (Å²) in [6.07, 6.45) is -1.08. The van der Waals surface area contributed by atoms with E-state index in [4.69, 9.17) is 4.74 Å². The molecule has 0 saturated heterocycles. The average Bonchev–Trinajstić information content (AvgIpc) is 2.78. The van der Waals surface area contributed by atoms with E-state index in [0.717, 1.165) is 31.7 Å². The van der Waals surface area contributed by atoms with Gasteiger partial charge in [-0.1, -0.05) is 32.8 Å². The fourth-order valence-electron chi connectivity index (χ4n) is 3.30. The first-order chi connectivity index (χ1) is 16.1. The first kappa shape index (κ1) is 27.9. The van der Waals surface area contributed by atoms with Crippen molar-refractivity contribution in [2.75, 3.05) is 32.1 Å². The SMILES string of the molecule is CCCCN(CCCC)c1cc(CO)cc(S(=O)N(C)C)c1Oc1cccc(OC(F)(F)F)c1. The molecule has 1 N–H and O–H groups in total. The van der Waals surface area contributed by atoms with Gasteiger partial charge in [0.2, 0.25) is 0 Å². The zero-order chi connectivity index (χ0) is 25.3. The van der Waals surface area contributed by atoms with Crippen LogP contribution in [0.5, 0.6) is 17.2 Å². The van der Waals surface area contributed by atoms with Crippen LogP contribution < -0.4 is 14.4 Å². The Morgan fingerprint density at radius 1 is 1.00 bits per heavy atom. The summed E-state index contributed by atoms with van der Waals surface area (Å²) >= 11 is 0. The number of anilines is 1. The van der Waals surface area contributed by atoms with E-state index in [9.17, 15) is 22.5 Å². The lowest BCUT2D eigenvalue weighted by atomic mass is 10.1. The Labute approximate surface area is 201 Å². The molecule has 0 saturated carbocycles. The number of rotatable bonds is 13. The van der Waals surface area contributed by atoms with Gasteiger partial charge in [0.1, 0.15) is 22.5 Å². The van der Waals surface area contributed by atoms with Crippen molar-refractivity contribution in [3.05, 3.63) is 42.0 Å². The lowest BCUT2D eigenvalue weighted by Crippen LogP contribution is -2.27. The molecular weight excluding hydrogens is 469 g/mol. The quantitative estimate of drug-likeness (QED) is 0.372. The summed E-state index contributed by atoms with van der Waals surface area (Å²) in [6.45, 7) is 5.34. The molecule has 0 radical (unpaired) electrons. The minimum atomic E-state index is -4.83. The van der Waals surface area contributed by atoms with Gasteiger partial charge in [-0.15, -0.1) is 13.2 Å². The number of halogens is 3. The van der Waals surface area contributed by atoms with Crippen LogP contribution in [-0.4, -0.2) is 47.2 Å². The molecule has 0 aliphatic carbocycles. The number of benzene rings is 2. The van der Waals surface area contributed by atoms with Gasteiger partial charge >= 0.3 is 6.36 Å². The topological polar surface area (TPSA) is 62.2 Å². The van der Waals surface area contributed by atoms with Gasteiger partial charge in [-0.2, -0.15) is 0 Å². The van der Waals surface area contributed by atoms with Gasteiger partial charge in [0, 0.05) is 19.2 Å². The third-order valence-electron chi connectivity index (χ3n) is 4.96. The summed E-state index contributed by atoms with van der Waals surface area (Å²) in [6, 6.07) is 8.62. The van der Waals surface area contributed by atoms with Crippen LogP contribution in [0.3, 0.4) is 0 Å². The molecule has 10 heteroatoms. The average molecular weight is 503 g/mol. The van der Waals surface area contributed by atoms with Crippen molar-refractivity contribution in [3.63, 3.8) is 0 Å². The molecule has 190 valence electrons. The molecule has 0 bridgehead atoms. The van der Waals surface area contributed by atoms with Gasteiger partial charge in [-0.3, -0.25) is 0 Å². The Morgan fingerprint density at radius 2 is 1.62 bits per heavy atom. The van der Waals surface area contributed by atoms with E-state index >= 15 is 0 Å². The fourth-order valence-corrected chi connectivity index (χ4v) is 4.25. The maximum Gasteiger partial charge on any atom is 0.573 e. The molecule has 0 spiro atoms. The summed E-state index contributed by atoms with van der Waals surface area (Å²) in [4.78, 5) is 2.44. The molecule has 2 aromatic carbocycles. The normalized spacial score (nSPS) is 12.6. The van der Waals surface area contributed by atoms with Crippen LogP contribution in [0, 0.1) is 0 Å². The van der Waals surface area contributed by atoms with Crippen molar-refractivity contribution >= 4 is 16.7 Å². The summed E-state index contributed by atoms with van der Waals surface area (Å²) < 4.78 is 62.9. The maximum absolute atomic E-state index is 13.2. The molecule has 0 aromatic heterocycles. The van der Waals surface area contributed by atoms with E-state index in [0.29, 0.717) is 29.2 Å². The first-order valence-corrected chi connectivity index (χ1v) is 12.4. The molecular formula is C24H33F3N2O4S. The number of alkyl halides is 3. The highest BCUT2D eigenvalue weighted by Gasteiger charge is 2.31. The second kappa shape index (κ2) is 13.0. The molecule has 0 aliphatic heterocycles. The van der Waals surface area contributed by atoms with Gasteiger partial charge in [-0.05, 0) is 56.8 Å². The number of aliphatic hydroxyl groups is 1. The molecule has 0 aliphatic rings. The number of hydrogen-bond acceptors (Lipinski definition) is 5. The number of ether oxygens (including phenoxy) is 2. The molecule has 0 amide bonds. The zero-order valence-corrected chi connectivity index (χ0v) is 20.8. The Balaban J connectivity index is 2.64. The molecule has 1 unspecified atom stereocenters. The molecule has 0 fully saturated rings. The van der Waals surface area contributed by atoms with Gasteiger partial charge in [0.15, 0.2) is 5.75 Å². The molecule has 6 nitrogen and oxygen atoms in total. The number of nitrogens with zero attached hydrogens (tertiary/aromatic N) is 2. The highest BCUT2D eigenvalue weighted by Crippen LogP contribution is 2.40. The maximum atomic E-state index is 13.2. The van der Waals surface area contributed by atoms with Crippen LogP contribution in [0.1, 0.15) is 45.1 Å². The number of aliphatic hydroxyl groups excluding tert-OH is 1. The van der Waals surface area contributed by atoms with Crippen LogP contribution in [0.2, 0.25) is 0 Å². The highest BCUT2D eigenvalue weighted by atomic mass is 32.2. The zero-order valence-electron chi connectivity index (χ0n) is 20.0. The molecule has 34 heavy (non-hydrogen) atoms. The summed E-state index contributed by atoms with van der Waals surface area (Å²) in [5.74, 6) is -0.0223. The summed E-state index contributed by atoms with van der Waals surface area (Å²) in [5.41, 5.74) is 1.21. The van der Waals surface area contributed by atoms with Crippen molar-refractivity contribution in [3.8, 4) is 17.2 Å². The lowest BCUT2D eigenvalue weighted by Gasteiger charge is -2.29. The van der Waals surface area contributed by atoms with Gasteiger partial charge < -0.3 is 19.5 Å². The first-order valence-electron chi connectivity index (χ1n) is 11.2. The van der Waals surface area contributed by atoms with Crippen molar-refractivity contribution in [2.45, 2.75) is 57.4 Å². The van der Waals surface area contributed by atoms with Crippen LogP contribution in [0.4, 0.5) is 18.9 Å². The Hall–Kier alpha value is -2.30. The Bertz CT molecular complexity index is 946. The molecule has 0 heterocycles. The Morgan fingerprint density at radius 3 is 2.15 bits per heavy atom. The highest BCUT2D eigenvalue weighted by molar-refractivity contribution is 7.82. The van der Waals surface area contributed by atoms with E-state index in [2.05, 4.69) is 23.5 Å². The van der Waals surface area contributed by atoms with Gasteiger partial charge in [-0.25, -0.2) is 8.51 Å². The van der Waals surface area contributed by atoms with Gasteiger partial charge in [0.25, 0.3) is 0 Å². The molecule has 1 atom stereocenters. The van der Waals surface area contributed by atoms with Gasteiger partial charge in [0.05, 0.1) is 17.2 Å². The van der Waals surface area contributed by atoms with Crippen molar-refractivity contribution < 1.29 is 32.0 Å². The van der Waals surface area contributed by atoms with E-state index in [-0.39, 0.29) is 18.1 Å². The van der Waals surface area contributed by atoms with Crippen LogP contribution in [0.15, 0.2) is 41.3 Å². The Kier molecular flexibility index (Phi) is 10.7. The minimum absolute atomic E-state index is 0.114. The lowest BCUT2D eigenvalue weighted by molar-refractivity contribution is -0.274. The number of hydrogen-bond donors (Lipinski definition) is 1. The van der Waals surface area contributed by atoms with Crippen LogP contribution in [0.25, 0.3) is 0 Å². The largest absolute Gasteiger partial charge is 0.573 e. The molecule has 2 rings (SSSR count). The van der Waals surface area contributed by atoms with E-state index < -0.39 is 23.1 Å². The fraction of sp³-hybridized carbons (Fsp3) is 0.500. The summed E-state index contributed by atoms with van der Waals surface area (Å²) in [7, 11) is 1.66. The summed E-state index contributed by atoms with van der Waals surface area (Å²) in [5, 5.41) is 9.87. The second-order valence-corrected chi connectivity index (χ2v) is 9.65. The predicted octanol–water partition coefficient (Wildman–Crippen LogP) is 5.86. The number of unbranched alkanes of at least 4 members (excludes halogenated alkanes) is 2. The second-order valence-electron chi connectivity index (χ2n) is 7.98. The smallest absolute Gasteiger partial charge is 0.454 e. The van der Waals surface area contributed by atoms with E-state index in [1.807, 2.05) is 0 Å². The molecule has 2 aromatic rings. The third kappa shape index (κ3) is 8.18. The third-order valence-corrected chi connectivity index (χ3v) is 6.30. The minimum Gasteiger partial charge on any atom is -0.454 e. The van der Waals surface area contributed by atoms with Crippen molar-refractivity contribution in [1.29, 1.82) is 0 Å². The van der Waals surface area contributed by atoms with Crippen LogP contribution in [-0.2, 0) is 17.6 Å². The van der Waals surface area contributed by atoms with Crippen molar-refractivity contribution in [2.24, 2.45) is 0 Å². The van der Waals surface area contributed by atoms with E-state index in [1.54, 1.807) is 26.2 Å². The van der Waals surface area contributed by atoms with Crippen LogP contribution >= 0.6 is 0 Å². The monoisotopic (exact) mass is 502 g/mol. The van der Waals surface area contributed by atoms with E-state index in [1.165, 1.54) is 22.5 Å². The predicted molar refractivity (Wildman–Crippen MR) is 128 cm³/mol.